The predicted octanol–water partition coefficient (Wildman–Crippen LogP) is 2.33. The molecule has 0 aromatic heterocycles. The molecule has 9 heteroatoms. The van der Waals surface area contributed by atoms with E-state index in [1.54, 1.807) is 0 Å². The normalized spacial score (nSPS) is 21.2. The van der Waals surface area contributed by atoms with Crippen LogP contribution in [0.1, 0.15) is 32.1 Å². The lowest BCUT2D eigenvalue weighted by molar-refractivity contribution is -0.175. The molecule has 0 bridgehead atoms. The summed E-state index contributed by atoms with van der Waals surface area (Å²) >= 11 is 0. The van der Waals surface area contributed by atoms with Gasteiger partial charge in [-0.3, -0.25) is 4.79 Å². The molecule has 0 unspecified atom stereocenters. The van der Waals surface area contributed by atoms with Crippen molar-refractivity contribution in [2.45, 2.75) is 50.2 Å². The molecule has 0 aliphatic heterocycles. The molecular weight excluding hydrogens is 289 g/mol. The van der Waals surface area contributed by atoms with Crippen molar-refractivity contribution in [1.82, 2.24) is 5.32 Å². The molecule has 1 rings (SSSR count). The van der Waals surface area contributed by atoms with Gasteiger partial charge in [-0.25, -0.2) is 13.6 Å². The Hall–Kier alpha value is -1.41. The topological polar surface area (TPSA) is 66.4 Å². The average molecular weight is 303 g/mol. The molecule has 1 amide bonds. The van der Waals surface area contributed by atoms with E-state index in [1.807, 2.05) is 0 Å². The third-order valence-corrected chi connectivity index (χ3v) is 3.27. The molecule has 4 nitrogen and oxygen atoms in total. The SMILES string of the molecule is O=C(O)[C@@H](CC1CCC(F)(F)CC1)NC(=O)C(F)(F)F. The summed E-state index contributed by atoms with van der Waals surface area (Å²) in [5, 5.41) is 10.2. The minimum atomic E-state index is -5.17. The van der Waals surface area contributed by atoms with E-state index >= 15 is 0 Å². The molecular formula is C11H14F5NO3. The van der Waals surface area contributed by atoms with Crippen molar-refractivity contribution in [2.75, 3.05) is 0 Å². The number of rotatable bonds is 4. The number of aliphatic carboxylic acids is 1. The van der Waals surface area contributed by atoms with Crippen LogP contribution in [0.2, 0.25) is 0 Å². The first-order chi connectivity index (χ1) is 9.01. The Balaban J connectivity index is 2.57. The zero-order valence-corrected chi connectivity index (χ0v) is 10.3. The van der Waals surface area contributed by atoms with Crippen molar-refractivity contribution in [3.05, 3.63) is 0 Å². The Morgan fingerprint density at radius 1 is 1.25 bits per heavy atom. The van der Waals surface area contributed by atoms with Crippen LogP contribution < -0.4 is 5.32 Å². The zero-order valence-electron chi connectivity index (χ0n) is 10.3. The summed E-state index contributed by atoms with van der Waals surface area (Å²) in [7, 11) is 0. The molecule has 0 radical (unpaired) electrons. The monoisotopic (exact) mass is 303 g/mol. The van der Waals surface area contributed by atoms with Gasteiger partial charge < -0.3 is 10.4 Å². The Bertz CT molecular complexity index is 373. The van der Waals surface area contributed by atoms with Crippen LogP contribution in [0.15, 0.2) is 0 Å². The number of carboxylic acids is 1. The number of carbonyl (C=O) groups is 2. The molecule has 0 saturated heterocycles. The van der Waals surface area contributed by atoms with Crippen molar-refractivity contribution in [3.8, 4) is 0 Å². The number of amides is 1. The van der Waals surface area contributed by atoms with Gasteiger partial charge in [0.1, 0.15) is 6.04 Å². The highest BCUT2D eigenvalue weighted by atomic mass is 19.4. The molecule has 0 aromatic rings. The fraction of sp³-hybridized carbons (Fsp3) is 0.818. The molecule has 20 heavy (non-hydrogen) atoms. The van der Waals surface area contributed by atoms with Crippen molar-refractivity contribution >= 4 is 11.9 Å². The minimum Gasteiger partial charge on any atom is -0.480 e. The van der Waals surface area contributed by atoms with Crippen molar-refractivity contribution in [3.63, 3.8) is 0 Å². The third-order valence-electron chi connectivity index (χ3n) is 3.27. The second kappa shape index (κ2) is 5.92. The lowest BCUT2D eigenvalue weighted by Crippen LogP contribution is -2.48. The molecule has 1 fully saturated rings. The fourth-order valence-electron chi connectivity index (χ4n) is 2.13. The van der Waals surface area contributed by atoms with E-state index in [1.165, 1.54) is 5.32 Å². The molecule has 0 aromatic carbocycles. The van der Waals surface area contributed by atoms with E-state index < -0.39 is 48.8 Å². The summed E-state index contributed by atoms with van der Waals surface area (Å²) in [6.45, 7) is 0. The first-order valence-corrected chi connectivity index (χ1v) is 5.99. The summed E-state index contributed by atoms with van der Waals surface area (Å²) in [6.07, 6.45) is -6.24. The van der Waals surface area contributed by atoms with Crippen LogP contribution in [0, 0.1) is 5.92 Å². The Labute approximate surface area is 111 Å². The highest BCUT2D eigenvalue weighted by molar-refractivity contribution is 5.86. The van der Waals surface area contributed by atoms with Gasteiger partial charge in [-0.1, -0.05) is 0 Å². The van der Waals surface area contributed by atoms with E-state index in [9.17, 15) is 31.5 Å². The van der Waals surface area contributed by atoms with Crippen LogP contribution in [0.3, 0.4) is 0 Å². The van der Waals surface area contributed by atoms with Gasteiger partial charge in [0.2, 0.25) is 5.92 Å². The van der Waals surface area contributed by atoms with Crippen LogP contribution >= 0.6 is 0 Å². The number of hydrogen-bond acceptors (Lipinski definition) is 2. The predicted molar refractivity (Wildman–Crippen MR) is 57.1 cm³/mol. The molecule has 1 aliphatic carbocycles. The van der Waals surface area contributed by atoms with Crippen LogP contribution in [-0.4, -0.2) is 35.1 Å². The number of alkyl halides is 5. The van der Waals surface area contributed by atoms with Crippen LogP contribution in [-0.2, 0) is 9.59 Å². The first-order valence-electron chi connectivity index (χ1n) is 5.99. The second-order valence-electron chi connectivity index (χ2n) is 4.90. The molecule has 0 heterocycles. The zero-order chi connectivity index (χ0) is 15.6. The average Bonchev–Trinajstić information content (AvgIpc) is 2.29. The molecule has 0 spiro atoms. The second-order valence-corrected chi connectivity index (χ2v) is 4.90. The largest absolute Gasteiger partial charge is 0.480 e. The molecule has 2 N–H and O–H groups in total. The summed E-state index contributed by atoms with van der Waals surface area (Å²) in [6, 6.07) is -1.72. The maximum Gasteiger partial charge on any atom is 0.471 e. The Kier molecular flexibility index (Phi) is 4.93. The molecule has 1 atom stereocenters. The number of carboxylic acid groups (broad SMARTS) is 1. The highest BCUT2D eigenvalue weighted by Crippen LogP contribution is 2.37. The van der Waals surface area contributed by atoms with Gasteiger partial charge in [0.15, 0.2) is 0 Å². The van der Waals surface area contributed by atoms with E-state index in [-0.39, 0.29) is 19.3 Å². The van der Waals surface area contributed by atoms with Crippen LogP contribution in [0.5, 0.6) is 0 Å². The summed E-state index contributed by atoms with van der Waals surface area (Å²) in [5.74, 6) is -7.19. The Morgan fingerprint density at radius 2 is 1.75 bits per heavy atom. The minimum absolute atomic E-state index is 0.0265. The summed E-state index contributed by atoms with van der Waals surface area (Å²) < 4.78 is 62.0. The Morgan fingerprint density at radius 3 is 2.15 bits per heavy atom. The molecule has 1 saturated carbocycles. The van der Waals surface area contributed by atoms with Crippen LogP contribution in [0.4, 0.5) is 22.0 Å². The van der Waals surface area contributed by atoms with Crippen molar-refractivity contribution in [1.29, 1.82) is 0 Å². The number of hydrogen-bond donors (Lipinski definition) is 2. The van der Waals surface area contributed by atoms with Gasteiger partial charge in [-0.2, -0.15) is 13.2 Å². The van der Waals surface area contributed by atoms with Gasteiger partial charge in [-0.15, -0.1) is 0 Å². The van der Waals surface area contributed by atoms with Gasteiger partial charge in [0, 0.05) is 12.8 Å². The van der Waals surface area contributed by atoms with Gasteiger partial charge in [0.25, 0.3) is 0 Å². The number of carbonyl (C=O) groups excluding carboxylic acids is 1. The van der Waals surface area contributed by atoms with E-state index in [0.29, 0.717) is 0 Å². The quantitative estimate of drug-likeness (QED) is 0.783. The lowest BCUT2D eigenvalue weighted by Gasteiger charge is -2.29. The fourth-order valence-corrected chi connectivity index (χ4v) is 2.13. The van der Waals surface area contributed by atoms with E-state index in [4.69, 9.17) is 5.11 Å². The summed E-state index contributed by atoms with van der Waals surface area (Å²) in [4.78, 5) is 21.5. The highest BCUT2D eigenvalue weighted by Gasteiger charge is 2.42. The van der Waals surface area contributed by atoms with E-state index in [2.05, 4.69) is 0 Å². The third kappa shape index (κ3) is 4.93. The molecule has 116 valence electrons. The number of halogens is 5. The van der Waals surface area contributed by atoms with Crippen molar-refractivity contribution in [2.24, 2.45) is 5.92 Å². The van der Waals surface area contributed by atoms with Crippen LogP contribution in [0.25, 0.3) is 0 Å². The smallest absolute Gasteiger partial charge is 0.471 e. The molecule has 1 aliphatic rings. The van der Waals surface area contributed by atoms with Gasteiger partial charge in [0.05, 0.1) is 0 Å². The number of nitrogens with one attached hydrogen (secondary N) is 1. The van der Waals surface area contributed by atoms with Crippen molar-refractivity contribution < 1.29 is 36.6 Å². The first kappa shape index (κ1) is 16.6. The maximum atomic E-state index is 12.9. The van der Waals surface area contributed by atoms with Gasteiger partial charge >= 0.3 is 18.1 Å². The standard InChI is InChI=1S/C11H14F5NO3/c12-10(13)3-1-6(2-4-10)5-7(8(18)19)17-9(20)11(14,15)16/h6-7H,1-5H2,(H,17,20)(H,18,19)/t7-/m1/s1. The maximum absolute atomic E-state index is 12.9. The summed E-state index contributed by atoms with van der Waals surface area (Å²) in [5.41, 5.74) is 0. The van der Waals surface area contributed by atoms with Gasteiger partial charge in [-0.05, 0) is 25.2 Å². The van der Waals surface area contributed by atoms with E-state index in [0.717, 1.165) is 0 Å². The lowest BCUT2D eigenvalue weighted by atomic mass is 9.83.